The van der Waals surface area contributed by atoms with Crippen LogP contribution in [0.2, 0.25) is 0 Å². The van der Waals surface area contributed by atoms with Crippen LogP contribution in [0.1, 0.15) is 47.5 Å². The summed E-state index contributed by atoms with van der Waals surface area (Å²) < 4.78 is 5.28. The first-order valence-electron chi connectivity index (χ1n) is 8.73. The fraction of sp³-hybridized carbons (Fsp3) is 0.474. The quantitative estimate of drug-likeness (QED) is 0.918. The highest BCUT2D eigenvalue weighted by Gasteiger charge is 2.32. The van der Waals surface area contributed by atoms with Crippen LogP contribution in [0.15, 0.2) is 40.9 Å². The van der Waals surface area contributed by atoms with E-state index in [-0.39, 0.29) is 11.9 Å². The van der Waals surface area contributed by atoms with Crippen LogP contribution in [0.4, 0.5) is 0 Å². The number of aromatic nitrogens is 1. The van der Waals surface area contributed by atoms with E-state index in [0.717, 1.165) is 38.2 Å². The molecule has 0 radical (unpaired) electrons. The van der Waals surface area contributed by atoms with E-state index in [9.17, 15) is 4.79 Å². The monoisotopic (exact) mass is 325 g/mol. The van der Waals surface area contributed by atoms with Gasteiger partial charge in [0.2, 0.25) is 0 Å². The Morgan fingerprint density at radius 2 is 2.08 bits per heavy atom. The SMILES string of the molecule is C[C@@H]1CN(Cc2ccccc2)C[C@H]1NC(=O)c1cc(C2CC2)on1. The maximum atomic E-state index is 12.4. The van der Waals surface area contributed by atoms with Crippen molar-refractivity contribution in [2.45, 2.75) is 38.3 Å². The molecule has 1 saturated heterocycles. The fourth-order valence-corrected chi connectivity index (χ4v) is 3.42. The number of carbonyl (C=O) groups is 1. The summed E-state index contributed by atoms with van der Waals surface area (Å²) in [5.74, 6) is 1.63. The first-order valence-corrected chi connectivity index (χ1v) is 8.73. The highest BCUT2D eigenvalue weighted by molar-refractivity contribution is 5.92. The number of hydrogen-bond donors (Lipinski definition) is 1. The number of amides is 1. The normalized spacial score (nSPS) is 24.2. The summed E-state index contributed by atoms with van der Waals surface area (Å²) in [6, 6.07) is 12.4. The molecular weight excluding hydrogens is 302 g/mol. The Balaban J connectivity index is 1.34. The minimum Gasteiger partial charge on any atom is -0.360 e. The molecular formula is C19H23N3O2. The van der Waals surface area contributed by atoms with E-state index in [1.165, 1.54) is 5.56 Å². The largest absolute Gasteiger partial charge is 0.360 e. The summed E-state index contributed by atoms with van der Waals surface area (Å²) in [6.07, 6.45) is 2.29. The van der Waals surface area contributed by atoms with Crippen molar-refractivity contribution in [3.8, 4) is 0 Å². The Hall–Kier alpha value is -2.14. The molecule has 2 atom stereocenters. The zero-order chi connectivity index (χ0) is 16.5. The topological polar surface area (TPSA) is 58.4 Å². The third-order valence-electron chi connectivity index (χ3n) is 4.99. The Morgan fingerprint density at radius 1 is 1.29 bits per heavy atom. The molecule has 2 heterocycles. The molecule has 1 N–H and O–H groups in total. The Bertz CT molecular complexity index is 708. The van der Waals surface area contributed by atoms with Gasteiger partial charge in [0, 0.05) is 37.7 Å². The molecule has 0 spiro atoms. The Morgan fingerprint density at radius 3 is 2.83 bits per heavy atom. The number of hydrogen-bond acceptors (Lipinski definition) is 4. The first-order chi connectivity index (χ1) is 11.7. The van der Waals surface area contributed by atoms with Gasteiger partial charge in [-0.2, -0.15) is 0 Å². The molecule has 0 bridgehead atoms. The third-order valence-corrected chi connectivity index (χ3v) is 4.99. The number of benzene rings is 1. The van der Waals surface area contributed by atoms with Crippen LogP contribution in [0.3, 0.4) is 0 Å². The van der Waals surface area contributed by atoms with Crippen molar-refractivity contribution in [2.24, 2.45) is 5.92 Å². The van der Waals surface area contributed by atoms with Gasteiger partial charge in [0.15, 0.2) is 5.69 Å². The summed E-state index contributed by atoms with van der Waals surface area (Å²) >= 11 is 0. The third kappa shape index (κ3) is 3.36. The van der Waals surface area contributed by atoms with Gasteiger partial charge in [0.1, 0.15) is 5.76 Å². The Kier molecular flexibility index (Phi) is 4.10. The van der Waals surface area contributed by atoms with Crippen molar-refractivity contribution in [3.63, 3.8) is 0 Å². The molecule has 2 fully saturated rings. The van der Waals surface area contributed by atoms with Crippen LogP contribution in [0.5, 0.6) is 0 Å². The van der Waals surface area contributed by atoms with Crippen LogP contribution >= 0.6 is 0 Å². The van der Waals surface area contributed by atoms with Crippen LogP contribution in [-0.2, 0) is 6.54 Å². The van der Waals surface area contributed by atoms with Crippen LogP contribution in [0.25, 0.3) is 0 Å². The van der Waals surface area contributed by atoms with Crippen molar-refractivity contribution in [2.75, 3.05) is 13.1 Å². The fourth-order valence-electron chi connectivity index (χ4n) is 3.42. The van der Waals surface area contributed by atoms with Crippen LogP contribution in [-0.4, -0.2) is 35.1 Å². The maximum absolute atomic E-state index is 12.4. The summed E-state index contributed by atoms with van der Waals surface area (Å²) in [6.45, 7) is 4.98. The average Bonchev–Trinajstić information content (AvgIpc) is 3.21. The molecule has 126 valence electrons. The number of carbonyl (C=O) groups excluding carboxylic acids is 1. The molecule has 1 amide bonds. The van der Waals surface area contributed by atoms with Crippen molar-refractivity contribution in [1.29, 1.82) is 0 Å². The number of likely N-dealkylation sites (tertiary alicyclic amines) is 1. The zero-order valence-electron chi connectivity index (χ0n) is 13.9. The standard InChI is InChI=1S/C19H23N3O2/c1-13-10-22(11-14-5-3-2-4-6-14)12-17(13)20-19(23)16-9-18(24-21-16)15-7-8-15/h2-6,9,13,15,17H,7-8,10-12H2,1H3,(H,20,23)/t13-,17-/m1/s1. The molecule has 2 aliphatic rings. The second kappa shape index (κ2) is 6.40. The van der Waals surface area contributed by atoms with Gasteiger partial charge in [-0.25, -0.2) is 0 Å². The molecule has 1 saturated carbocycles. The minimum absolute atomic E-state index is 0.121. The van der Waals surface area contributed by atoms with Crippen molar-refractivity contribution in [3.05, 3.63) is 53.4 Å². The van der Waals surface area contributed by atoms with E-state index >= 15 is 0 Å². The molecule has 5 nitrogen and oxygen atoms in total. The lowest BCUT2D eigenvalue weighted by atomic mass is 10.1. The molecule has 1 aliphatic heterocycles. The predicted octanol–water partition coefficient (Wildman–Crippen LogP) is 2.80. The first kappa shape index (κ1) is 15.4. The molecule has 1 aromatic heterocycles. The zero-order valence-corrected chi connectivity index (χ0v) is 13.9. The van der Waals surface area contributed by atoms with E-state index < -0.39 is 0 Å². The van der Waals surface area contributed by atoms with Gasteiger partial charge in [-0.3, -0.25) is 9.69 Å². The van der Waals surface area contributed by atoms with Crippen LogP contribution < -0.4 is 5.32 Å². The molecule has 1 aliphatic carbocycles. The van der Waals surface area contributed by atoms with Crippen molar-refractivity contribution in [1.82, 2.24) is 15.4 Å². The van der Waals surface area contributed by atoms with Gasteiger partial charge in [0.25, 0.3) is 5.91 Å². The lowest BCUT2D eigenvalue weighted by molar-refractivity contribution is 0.0922. The molecule has 2 aromatic rings. The van der Waals surface area contributed by atoms with Gasteiger partial charge in [0.05, 0.1) is 0 Å². The minimum atomic E-state index is -0.121. The highest BCUT2D eigenvalue weighted by Crippen LogP contribution is 2.40. The second-order valence-electron chi connectivity index (χ2n) is 7.13. The summed E-state index contributed by atoms with van der Waals surface area (Å²) in [7, 11) is 0. The van der Waals surface area contributed by atoms with Crippen LogP contribution in [0, 0.1) is 5.92 Å². The molecule has 1 aromatic carbocycles. The average molecular weight is 325 g/mol. The second-order valence-corrected chi connectivity index (χ2v) is 7.13. The molecule has 5 heteroatoms. The van der Waals surface area contributed by atoms with Crippen molar-refractivity contribution < 1.29 is 9.32 Å². The van der Waals surface area contributed by atoms with Gasteiger partial charge >= 0.3 is 0 Å². The number of nitrogens with one attached hydrogen (secondary N) is 1. The van der Waals surface area contributed by atoms with E-state index in [4.69, 9.17) is 4.52 Å². The van der Waals surface area contributed by atoms with E-state index in [1.807, 2.05) is 6.07 Å². The van der Waals surface area contributed by atoms with Gasteiger partial charge in [-0.1, -0.05) is 42.4 Å². The summed E-state index contributed by atoms with van der Waals surface area (Å²) in [5, 5.41) is 7.06. The lowest BCUT2D eigenvalue weighted by Crippen LogP contribution is -2.39. The van der Waals surface area contributed by atoms with Crippen molar-refractivity contribution >= 4 is 5.91 Å². The number of nitrogens with zero attached hydrogens (tertiary/aromatic N) is 2. The lowest BCUT2D eigenvalue weighted by Gasteiger charge is -2.16. The maximum Gasteiger partial charge on any atom is 0.273 e. The predicted molar refractivity (Wildman–Crippen MR) is 90.6 cm³/mol. The molecule has 24 heavy (non-hydrogen) atoms. The number of rotatable bonds is 5. The highest BCUT2D eigenvalue weighted by atomic mass is 16.5. The van der Waals surface area contributed by atoms with E-state index in [0.29, 0.717) is 17.5 Å². The van der Waals surface area contributed by atoms with E-state index in [1.54, 1.807) is 6.07 Å². The van der Waals surface area contributed by atoms with Gasteiger partial charge in [-0.05, 0) is 24.3 Å². The molecule has 4 rings (SSSR count). The summed E-state index contributed by atoms with van der Waals surface area (Å²) in [4.78, 5) is 14.8. The van der Waals surface area contributed by atoms with Gasteiger partial charge in [-0.15, -0.1) is 0 Å². The Labute approximate surface area is 142 Å². The van der Waals surface area contributed by atoms with E-state index in [2.05, 4.69) is 46.6 Å². The smallest absolute Gasteiger partial charge is 0.273 e. The molecule has 0 unspecified atom stereocenters. The van der Waals surface area contributed by atoms with Gasteiger partial charge < -0.3 is 9.84 Å². The summed E-state index contributed by atoms with van der Waals surface area (Å²) in [5.41, 5.74) is 1.72.